The number of piperazine rings is 1. The molecule has 0 saturated carbocycles. The second-order valence-corrected chi connectivity index (χ2v) is 6.98. The Kier molecular flexibility index (Phi) is 5.16. The molecule has 28 heavy (non-hydrogen) atoms. The lowest BCUT2D eigenvalue weighted by molar-refractivity contribution is -0.133. The van der Waals surface area contributed by atoms with Gasteiger partial charge < -0.3 is 4.90 Å². The number of halogens is 1. The lowest BCUT2D eigenvalue weighted by Gasteiger charge is -2.34. The Morgan fingerprint density at radius 1 is 1.04 bits per heavy atom. The minimum absolute atomic E-state index is 0.0577. The zero-order chi connectivity index (χ0) is 19.5. The van der Waals surface area contributed by atoms with E-state index >= 15 is 0 Å². The maximum Gasteiger partial charge on any atom is 0.261 e. The highest BCUT2D eigenvalue weighted by Gasteiger charge is 2.21. The number of carbonyl (C=O) groups is 1. The number of hydrogen-bond donors (Lipinski definition) is 0. The van der Waals surface area contributed by atoms with Gasteiger partial charge in [-0.15, -0.1) is 0 Å². The molecule has 2 heterocycles. The molecule has 0 aliphatic carbocycles. The third kappa shape index (κ3) is 3.94. The van der Waals surface area contributed by atoms with E-state index in [4.69, 9.17) is 0 Å². The van der Waals surface area contributed by atoms with Crippen molar-refractivity contribution in [1.82, 2.24) is 19.4 Å². The third-order valence-electron chi connectivity index (χ3n) is 5.07. The van der Waals surface area contributed by atoms with E-state index in [2.05, 4.69) is 22.0 Å². The second-order valence-electron chi connectivity index (χ2n) is 6.98. The van der Waals surface area contributed by atoms with Crippen LogP contribution >= 0.6 is 0 Å². The molecule has 4 rings (SSSR count). The Morgan fingerprint density at radius 3 is 2.54 bits per heavy atom. The molecule has 2 aromatic carbocycles. The number of carbonyl (C=O) groups excluding carboxylic acids is 1. The summed E-state index contributed by atoms with van der Waals surface area (Å²) in [6.07, 6.45) is 1.31. The molecule has 0 N–H and O–H groups in total. The molecule has 7 heteroatoms. The second kappa shape index (κ2) is 7.90. The third-order valence-corrected chi connectivity index (χ3v) is 5.07. The summed E-state index contributed by atoms with van der Waals surface area (Å²) < 4.78 is 14.6. The number of hydrogen-bond acceptors (Lipinski definition) is 4. The Morgan fingerprint density at radius 2 is 1.79 bits per heavy atom. The smallest absolute Gasteiger partial charge is 0.261 e. The molecular weight excluding hydrogens is 359 g/mol. The van der Waals surface area contributed by atoms with Crippen molar-refractivity contribution in [3.8, 4) is 0 Å². The number of nitrogens with zero attached hydrogens (tertiary/aromatic N) is 4. The summed E-state index contributed by atoms with van der Waals surface area (Å²) >= 11 is 0. The van der Waals surface area contributed by atoms with Crippen molar-refractivity contribution >= 4 is 16.8 Å². The van der Waals surface area contributed by atoms with Crippen LogP contribution in [0, 0.1) is 5.82 Å². The van der Waals surface area contributed by atoms with Crippen LogP contribution in [-0.2, 0) is 17.9 Å². The fourth-order valence-corrected chi connectivity index (χ4v) is 3.49. The average molecular weight is 380 g/mol. The van der Waals surface area contributed by atoms with Gasteiger partial charge in [-0.2, -0.15) is 0 Å². The van der Waals surface area contributed by atoms with Gasteiger partial charge in [-0.05, 0) is 17.7 Å². The molecule has 1 aromatic heterocycles. The first kappa shape index (κ1) is 18.3. The lowest BCUT2D eigenvalue weighted by Crippen LogP contribution is -2.49. The van der Waals surface area contributed by atoms with Crippen molar-refractivity contribution in [3.63, 3.8) is 0 Å². The molecule has 1 fully saturated rings. The maximum absolute atomic E-state index is 13.3. The van der Waals surface area contributed by atoms with Crippen LogP contribution < -0.4 is 5.56 Å². The van der Waals surface area contributed by atoms with E-state index in [1.807, 2.05) is 18.2 Å². The van der Waals surface area contributed by atoms with Crippen LogP contribution in [0.3, 0.4) is 0 Å². The summed E-state index contributed by atoms with van der Waals surface area (Å²) in [5.41, 5.74) is 1.22. The number of fused-ring (bicyclic) bond motifs is 1. The number of rotatable bonds is 4. The van der Waals surface area contributed by atoms with Crippen molar-refractivity contribution in [2.45, 2.75) is 13.1 Å². The summed E-state index contributed by atoms with van der Waals surface area (Å²) in [7, 11) is 0. The summed E-state index contributed by atoms with van der Waals surface area (Å²) in [6, 6.07) is 14.1. The first-order chi connectivity index (χ1) is 13.6. The van der Waals surface area contributed by atoms with Gasteiger partial charge in [0.2, 0.25) is 5.91 Å². The maximum atomic E-state index is 13.3. The summed E-state index contributed by atoms with van der Waals surface area (Å²) in [6.45, 7) is 3.67. The van der Waals surface area contributed by atoms with Crippen LogP contribution in [0.25, 0.3) is 10.9 Å². The fraction of sp³-hybridized carbons (Fsp3) is 0.286. The van der Waals surface area contributed by atoms with Gasteiger partial charge in [0, 0.05) is 38.8 Å². The van der Waals surface area contributed by atoms with Crippen LogP contribution in [0.1, 0.15) is 5.56 Å². The largest absolute Gasteiger partial charge is 0.339 e. The molecular formula is C21H21FN4O2. The number of amides is 1. The average Bonchev–Trinajstić information content (AvgIpc) is 2.71. The zero-order valence-corrected chi connectivity index (χ0v) is 15.4. The van der Waals surface area contributed by atoms with Crippen LogP contribution in [-0.4, -0.2) is 51.4 Å². The van der Waals surface area contributed by atoms with Gasteiger partial charge in [-0.3, -0.25) is 19.1 Å². The van der Waals surface area contributed by atoms with E-state index < -0.39 is 5.82 Å². The molecule has 3 aromatic rings. The first-order valence-electron chi connectivity index (χ1n) is 9.29. The van der Waals surface area contributed by atoms with E-state index in [9.17, 15) is 14.0 Å². The Balaban J connectivity index is 1.38. The molecule has 0 unspecified atom stereocenters. The number of benzene rings is 2. The highest BCUT2D eigenvalue weighted by atomic mass is 19.1. The highest BCUT2D eigenvalue weighted by molar-refractivity contribution is 5.79. The highest BCUT2D eigenvalue weighted by Crippen LogP contribution is 2.10. The van der Waals surface area contributed by atoms with Crippen LogP contribution in [0.4, 0.5) is 4.39 Å². The van der Waals surface area contributed by atoms with Gasteiger partial charge in [0.1, 0.15) is 12.4 Å². The van der Waals surface area contributed by atoms with E-state index in [1.54, 1.807) is 4.90 Å². The zero-order valence-electron chi connectivity index (χ0n) is 15.4. The monoisotopic (exact) mass is 380 g/mol. The van der Waals surface area contributed by atoms with Gasteiger partial charge in [0.25, 0.3) is 5.56 Å². The molecule has 0 atom stereocenters. The van der Waals surface area contributed by atoms with Crippen molar-refractivity contribution in [2.75, 3.05) is 26.2 Å². The minimum atomic E-state index is -0.443. The summed E-state index contributed by atoms with van der Waals surface area (Å²) in [4.78, 5) is 33.4. The predicted octanol–water partition coefficient (Wildman–Crippen LogP) is 1.88. The molecule has 1 amide bonds. The lowest BCUT2D eigenvalue weighted by atomic mass is 10.2. The SMILES string of the molecule is O=C(Cn1cnc2cc(F)ccc2c1=O)N1CCN(Cc2ccccc2)CC1. The summed E-state index contributed by atoms with van der Waals surface area (Å²) in [5, 5.41) is 0.310. The fourth-order valence-electron chi connectivity index (χ4n) is 3.49. The van der Waals surface area contributed by atoms with E-state index in [-0.39, 0.29) is 18.0 Å². The van der Waals surface area contributed by atoms with Gasteiger partial charge in [0.05, 0.1) is 17.2 Å². The van der Waals surface area contributed by atoms with Gasteiger partial charge in [-0.25, -0.2) is 9.37 Å². The van der Waals surface area contributed by atoms with Crippen LogP contribution in [0.15, 0.2) is 59.7 Å². The predicted molar refractivity (Wildman–Crippen MR) is 104 cm³/mol. The standard InChI is InChI=1S/C21H21FN4O2/c22-17-6-7-18-19(12-17)23-15-26(21(18)28)14-20(27)25-10-8-24(9-11-25)13-16-4-2-1-3-5-16/h1-7,12,15H,8-11,13-14H2. The normalized spacial score (nSPS) is 15.1. The molecule has 1 aliphatic heterocycles. The van der Waals surface area contributed by atoms with Crippen molar-refractivity contribution in [1.29, 1.82) is 0 Å². The van der Waals surface area contributed by atoms with E-state index in [0.717, 1.165) is 19.6 Å². The number of aromatic nitrogens is 2. The van der Waals surface area contributed by atoms with Crippen molar-refractivity contribution in [3.05, 3.63) is 76.6 Å². The molecule has 1 aliphatic rings. The minimum Gasteiger partial charge on any atom is -0.339 e. The topological polar surface area (TPSA) is 58.4 Å². The van der Waals surface area contributed by atoms with Crippen LogP contribution in [0.5, 0.6) is 0 Å². The van der Waals surface area contributed by atoms with Gasteiger partial charge >= 0.3 is 0 Å². The van der Waals surface area contributed by atoms with Crippen LogP contribution in [0.2, 0.25) is 0 Å². The molecule has 1 saturated heterocycles. The Bertz CT molecular complexity index is 1040. The molecule has 144 valence electrons. The van der Waals surface area contributed by atoms with E-state index in [1.165, 1.54) is 34.7 Å². The molecule has 0 radical (unpaired) electrons. The Labute approximate surface area is 161 Å². The van der Waals surface area contributed by atoms with Crippen molar-refractivity contribution in [2.24, 2.45) is 0 Å². The first-order valence-corrected chi connectivity index (χ1v) is 9.29. The van der Waals surface area contributed by atoms with E-state index in [0.29, 0.717) is 24.0 Å². The summed E-state index contributed by atoms with van der Waals surface area (Å²) in [5.74, 6) is -0.550. The van der Waals surface area contributed by atoms with Crippen molar-refractivity contribution < 1.29 is 9.18 Å². The quantitative estimate of drug-likeness (QED) is 0.694. The molecule has 0 spiro atoms. The van der Waals surface area contributed by atoms with Gasteiger partial charge in [0.15, 0.2) is 0 Å². The molecule has 0 bridgehead atoms. The van der Waals surface area contributed by atoms with Gasteiger partial charge in [-0.1, -0.05) is 30.3 Å². The molecule has 6 nitrogen and oxygen atoms in total. The Hall–Kier alpha value is -3.06.